The van der Waals surface area contributed by atoms with E-state index in [1.807, 2.05) is 6.92 Å². The Labute approximate surface area is 180 Å². The Hall–Kier alpha value is -2.88. The number of amides is 4. The quantitative estimate of drug-likeness (QED) is 0.264. The zero-order valence-corrected chi connectivity index (χ0v) is 17.8. The van der Waals surface area contributed by atoms with E-state index in [-0.39, 0.29) is 36.5 Å². The van der Waals surface area contributed by atoms with Crippen molar-refractivity contribution in [2.75, 3.05) is 25.5 Å². The Bertz CT molecular complexity index is 727. The van der Waals surface area contributed by atoms with E-state index in [0.29, 0.717) is 12.0 Å². The SMILES string of the molecule is CCCCCC(=O)NCNC(=O)CNC(=O)CNC(=O)CSC(=O)c1ccccc1. The number of carbonyl (C=O) groups excluding carboxylic acids is 5. The molecule has 1 aromatic rings. The van der Waals surface area contributed by atoms with Crippen molar-refractivity contribution in [2.45, 2.75) is 32.6 Å². The molecule has 1 aromatic carbocycles. The molecule has 164 valence electrons. The predicted molar refractivity (Wildman–Crippen MR) is 115 cm³/mol. The molecule has 0 aliphatic carbocycles. The molecule has 0 saturated carbocycles. The lowest BCUT2D eigenvalue weighted by Crippen LogP contribution is -2.44. The number of carbonyl (C=O) groups is 5. The lowest BCUT2D eigenvalue weighted by atomic mass is 10.2. The van der Waals surface area contributed by atoms with Crippen molar-refractivity contribution >= 4 is 40.5 Å². The van der Waals surface area contributed by atoms with Crippen LogP contribution in [-0.4, -0.2) is 54.3 Å². The topological polar surface area (TPSA) is 133 Å². The summed E-state index contributed by atoms with van der Waals surface area (Å²) in [6.07, 6.45) is 3.21. The van der Waals surface area contributed by atoms with Gasteiger partial charge in [0, 0.05) is 12.0 Å². The number of hydrogen-bond acceptors (Lipinski definition) is 6. The first-order chi connectivity index (χ1) is 14.4. The van der Waals surface area contributed by atoms with Gasteiger partial charge in [-0.1, -0.05) is 61.9 Å². The number of unbranched alkanes of at least 4 members (excludes halogenated alkanes) is 2. The smallest absolute Gasteiger partial charge is 0.240 e. The molecule has 0 heterocycles. The number of benzene rings is 1. The first-order valence-corrected chi connectivity index (χ1v) is 10.7. The Morgan fingerprint density at radius 3 is 2.03 bits per heavy atom. The molecule has 0 bridgehead atoms. The molecule has 0 saturated heterocycles. The molecule has 30 heavy (non-hydrogen) atoms. The minimum absolute atomic E-state index is 0.0108. The third kappa shape index (κ3) is 11.8. The van der Waals surface area contributed by atoms with Gasteiger partial charge >= 0.3 is 0 Å². The molecule has 0 radical (unpaired) electrons. The summed E-state index contributed by atoms with van der Waals surface area (Å²) < 4.78 is 0. The maximum atomic E-state index is 11.9. The van der Waals surface area contributed by atoms with Gasteiger partial charge in [0.1, 0.15) is 0 Å². The number of nitrogens with one attached hydrogen (secondary N) is 4. The van der Waals surface area contributed by atoms with Crippen molar-refractivity contribution in [1.29, 1.82) is 0 Å². The van der Waals surface area contributed by atoms with Crippen molar-refractivity contribution in [1.82, 2.24) is 21.3 Å². The van der Waals surface area contributed by atoms with Crippen molar-refractivity contribution in [3.8, 4) is 0 Å². The second-order valence-corrected chi connectivity index (χ2v) is 7.28. The van der Waals surface area contributed by atoms with Crippen LogP contribution < -0.4 is 21.3 Å². The van der Waals surface area contributed by atoms with Crippen molar-refractivity contribution in [3.63, 3.8) is 0 Å². The van der Waals surface area contributed by atoms with Gasteiger partial charge in [-0.15, -0.1) is 0 Å². The third-order valence-corrected chi connectivity index (χ3v) is 4.72. The molecule has 0 atom stereocenters. The van der Waals surface area contributed by atoms with E-state index < -0.39 is 17.7 Å². The molecular weight excluding hydrogens is 408 g/mol. The molecule has 1 rings (SSSR count). The number of hydrogen-bond donors (Lipinski definition) is 4. The largest absolute Gasteiger partial charge is 0.346 e. The standard InChI is InChI=1S/C20H28N4O5S/c1-2-3-5-10-16(25)23-14-24-18(27)12-21-17(26)11-22-19(28)13-30-20(29)15-8-6-4-7-9-15/h4,6-9H,2-3,5,10-14H2,1H3,(H,21,26)(H,22,28)(H,23,25)(H,24,27). The molecule has 0 aromatic heterocycles. The highest BCUT2D eigenvalue weighted by atomic mass is 32.2. The van der Waals surface area contributed by atoms with E-state index in [2.05, 4.69) is 21.3 Å². The molecule has 0 unspecified atom stereocenters. The van der Waals surface area contributed by atoms with Gasteiger partial charge in [0.25, 0.3) is 0 Å². The van der Waals surface area contributed by atoms with Gasteiger partial charge in [0.2, 0.25) is 28.7 Å². The molecular formula is C20H28N4O5S. The minimum atomic E-state index is -0.540. The molecule has 4 amide bonds. The molecule has 0 fully saturated rings. The average molecular weight is 437 g/mol. The lowest BCUT2D eigenvalue weighted by Gasteiger charge is -2.09. The van der Waals surface area contributed by atoms with Gasteiger partial charge < -0.3 is 21.3 Å². The molecule has 0 aliphatic rings. The van der Waals surface area contributed by atoms with Crippen LogP contribution in [0.25, 0.3) is 0 Å². The second kappa shape index (κ2) is 15.0. The zero-order chi connectivity index (χ0) is 22.2. The monoisotopic (exact) mass is 436 g/mol. The highest BCUT2D eigenvalue weighted by Crippen LogP contribution is 2.11. The second-order valence-electron chi connectivity index (χ2n) is 6.33. The van der Waals surface area contributed by atoms with Crippen LogP contribution in [0.1, 0.15) is 43.0 Å². The fourth-order valence-corrected chi connectivity index (χ4v) is 2.85. The first kappa shape index (κ1) is 25.2. The van der Waals surface area contributed by atoms with E-state index in [1.54, 1.807) is 30.3 Å². The Kier molecular flexibility index (Phi) is 12.6. The van der Waals surface area contributed by atoms with Gasteiger partial charge in [0.05, 0.1) is 25.5 Å². The Morgan fingerprint density at radius 2 is 1.37 bits per heavy atom. The van der Waals surface area contributed by atoms with Crippen molar-refractivity contribution in [2.24, 2.45) is 0 Å². The van der Waals surface area contributed by atoms with E-state index >= 15 is 0 Å². The average Bonchev–Trinajstić information content (AvgIpc) is 2.75. The van der Waals surface area contributed by atoms with E-state index in [1.165, 1.54) is 0 Å². The summed E-state index contributed by atoms with van der Waals surface area (Å²) in [7, 11) is 0. The fraction of sp³-hybridized carbons (Fsp3) is 0.450. The van der Waals surface area contributed by atoms with Gasteiger partial charge in [-0.25, -0.2) is 0 Å². The van der Waals surface area contributed by atoms with Crippen LogP contribution in [0, 0.1) is 0 Å². The maximum Gasteiger partial charge on any atom is 0.240 e. The summed E-state index contributed by atoms with van der Waals surface area (Å²) in [5.41, 5.74) is 0.496. The Morgan fingerprint density at radius 1 is 0.767 bits per heavy atom. The zero-order valence-electron chi connectivity index (χ0n) is 17.0. The maximum absolute atomic E-state index is 11.9. The summed E-state index contributed by atoms with van der Waals surface area (Å²) >= 11 is 0.844. The molecule has 0 spiro atoms. The summed E-state index contributed by atoms with van der Waals surface area (Å²) in [6, 6.07) is 8.57. The van der Waals surface area contributed by atoms with Gasteiger partial charge in [-0.2, -0.15) is 0 Å². The van der Waals surface area contributed by atoms with Crippen LogP contribution in [0.2, 0.25) is 0 Å². The van der Waals surface area contributed by atoms with Gasteiger partial charge in [-0.3, -0.25) is 24.0 Å². The summed E-state index contributed by atoms with van der Waals surface area (Å²) in [6.45, 7) is 1.45. The molecule has 10 heteroatoms. The summed E-state index contributed by atoms with van der Waals surface area (Å²) in [5, 5.41) is 9.53. The van der Waals surface area contributed by atoms with Gasteiger partial charge in [0.15, 0.2) is 0 Å². The van der Waals surface area contributed by atoms with Crippen LogP contribution in [0.5, 0.6) is 0 Å². The lowest BCUT2D eigenvalue weighted by molar-refractivity contribution is -0.127. The Balaban J connectivity index is 2.10. The first-order valence-electron chi connectivity index (χ1n) is 9.71. The van der Waals surface area contributed by atoms with E-state index in [4.69, 9.17) is 0 Å². The van der Waals surface area contributed by atoms with Crippen LogP contribution in [0.15, 0.2) is 30.3 Å². The van der Waals surface area contributed by atoms with E-state index in [9.17, 15) is 24.0 Å². The predicted octanol–water partition coefficient (Wildman–Crippen LogP) is 0.563. The summed E-state index contributed by atoms with van der Waals surface area (Å²) in [5.74, 6) is -1.72. The van der Waals surface area contributed by atoms with E-state index in [0.717, 1.165) is 31.0 Å². The molecule has 4 N–H and O–H groups in total. The number of rotatable bonds is 13. The van der Waals surface area contributed by atoms with Crippen LogP contribution in [-0.2, 0) is 19.2 Å². The van der Waals surface area contributed by atoms with Crippen LogP contribution >= 0.6 is 11.8 Å². The number of thioether (sulfide) groups is 1. The normalized spacial score (nSPS) is 10.0. The highest BCUT2D eigenvalue weighted by Gasteiger charge is 2.11. The van der Waals surface area contributed by atoms with Crippen molar-refractivity contribution < 1.29 is 24.0 Å². The van der Waals surface area contributed by atoms with Crippen LogP contribution in [0.3, 0.4) is 0 Å². The third-order valence-electron chi connectivity index (χ3n) is 3.81. The fourth-order valence-electron chi connectivity index (χ4n) is 2.19. The highest BCUT2D eigenvalue weighted by molar-refractivity contribution is 8.14. The summed E-state index contributed by atoms with van der Waals surface area (Å²) in [4.78, 5) is 58.4. The molecule has 9 nitrogen and oxygen atoms in total. The minimum Gasteiger partial charge on any atom is -0.346 e. The molecule has 0 aliphatic heterocycles. The van der Waals surface area contributed by atoms with Crippen LogP contribution in [0.4, 0.5) is 0 Å². The van der Waals surface area contributed by atoms with Crippen molar-refractivity contribution in [3.05, 3.63) is 35.9 Å². The van der Waals surface area contributed by atoms with Gasteiger partial charge in [-0.05, 0) is 6.42 Å².